The van der Waals surface area contributed by atoms with Crippen molar-refractivity contribution in [3.05, 3.63) is 67.3 Å². The van der Waals surface area contributed by atoms with E-state index in [1.165, 1.54) is 28.0 Å². The van der Waals surface area contributed by atoms with Gasteiger partial charge in [-0.3, -0.25) is 14.2 Å². The normalized spacial score (nSPS) is 13.3. The summed E-state index contributed by atoms with van der Waals surface area (Å²) in [6, 6.07) is 7.35. The van der Waals surface area contributed by atoms with Gasteiger partial charge in [-0.25, -0.2) is 4.98 Å². The number of furan rings is 1. The maximum atomic E-state index is 13.4. The van der Waals surface area contributed by atoms with E-state index in [2.05, 4.69) is 0 Å². The van der Waals surface area contributed by atoms with Crippen LogP contribution in [0.5, 0.6) is 0 Å². The topological polar surface area (TPSA) is 65.1 Å². The predicted molar refractivity (Wildman–Crippen MR) is 113 cm³/mol. The van der Waals surface area contributed by atoms with Gasteiger partial charge in [-0.15, -0.1) is 22.7 Å². The van der Waals surface area contributed by atoms with Crippen LogP contribution in [0.3, 0.4) is 0 Å². The maximum absolute atomic E-state index is 13.4. The predicted octanol–water partition coefficient (Wildman–Crippen LogP) is 4.62. The number of aromatic nitrogens is 2. The van der Waals surface area contributed by atoms with Crippen LogP contribution in [-0.2, 0) is 19.4 Å². The number of hydrogen-bond donors (Lipinski definition) is 0. The summed E-state index contributed by atoms with van der Waals surface area (Å²) in [5, 5.41) is 3.21. The van der Waals surface area contributed by atoms with E-state index in [0.29, 0.717) is 17.5 Å². The van der Waals surface area contributed by atoms with Crippen molar-refractivity contribution in [2.75, 3.05) is 5.75 Å². The van der Waals surface area contributed by atoms with E-state index in [0.717, 1.165) is 39.9 Å². The van der Waals surface area contributed by atoms with Crippen molar-refractivity contribution in [2.45, 2.75) is 31.0 Å². The van der Waals surface area contributed by atoms with Crippen molar-refractivity contribution >= 4 is 50.4 Å². The molecule has 0 amide bonds. The molecule has 0 N–H and O–H groups in total. The number of hydrogen-bond acceptors (Lipinski definition) is 7. The molecule has 4 heterocycles. The summed E-state index contributed by atoms with van der Waals surface area (Å²) in [6.45, 7) is 0.314. The average Bonchev–Trinajstić information content (AvgIpc) is 3.46. The third-order valence-electron chi connectivity index (χ3n) is 4.81. The fourth-order valence-corrected chi connectivity index (χ4v) is 6.44. The van der Waals surface area contributed by atoms with E-state index >= 15 is 0 Å². The zero-order valence-electron chi connectivity index (χ0n) is 14.8. The maximum Gasteiger partial charge on any atom is 0.263 e. The Morgan fingerprint density at radius 3 is 3.00 bits per heavy atom. The number of thioether (sulfide) groups is 1. The second kappa shape index (κ2) is 7.35. The Bertz CT molecular complexity index is 1200. The Kier molecular flexibility index (Phi) is 4.70. The van der Waals surface area contributed by atoms with Crippen LogP contribution in [0, 0.1) is 0 Å². The van der Waals surface area contributed by atoms with Crippen LogP contribution in [0.4, 0.5) is 0 Å². The first kappa shape index (κ1) is 17.9. The van der Waals surface area contributed by atoms with Crippen LogP contribution in [0.2, 0.25) is 0 Å². The summed E-state index contributed by atoms with van der Waals surface area (Å²) < 4.78 is 7.11. The summed E-state index contributed by atoms with van der Waals surface area (Å²) in [5.41, 5.74) is 1.13. The molecule has 0 spiro atoms. The Hall–Kier alpha value is -2.16. The first-order valence-corrected chi connectivity index (χ1v) is 11.7. The standard InChI is InChI=1S/C20H16N2O3S3/c23-14(16-7-3-9-26-16)11-27-20-21-18-17(13-5-1-6-15(13)28-18)19(24)22(20)10-12-4-2-8-25-12/h2-4,7-9H,1,5-6,10-11H2. The minimum absolute atomic E-state index is 0.0353. The van der Waals surface area contributed by atoms with E-state index in [1.807, 2.05) is 29.6 Å². The molecule has 1 aliphatic rings. The minimum Gasteiger partial charge on any atom is -0.467 e. The van der Waals surface area contributed by atoms with Crippen molar-refractivity contribution in [1.29, 1.82) is 0 Å². The zero-order chi connectivity index (χ0) is 19.1. The highest BCUT2D eigenvalue weighted by Gasteiger charge is 2.24. The van der Waals surface area contributed by atoms with Gasteiger partial charge in [0.2, 0.25) is 0 Å². The SMILES string of the molecule is O=C(CSc1nc2sc3c(c2c(=O)n1Cc1ccco1)CCC3)c1cccs1. The Balaban J connectivity index is 1.56. The quantitative estimate of drug-likeness (QED) is 0.255. The lowest BCUT2D eigenvalue weighted by atomic mass is 10.2. The molecular weight excluding hydrogens is 412 g/mol. The third-order valence-corrected chi connectivity index (χ3v) is 7.89. The van der Waals surface area contributed by atoms with Crippen LogP contribution < -0.4 is 5.56 Å². The molecule has 4 aromatic rings. The fraction of sp³-hybridized carbons (Fsp3) is 0.250. The average molecular weight is 429 g/mol. The number of Topliss-reactive ketones (excluding diaryl/α,β-unsaturated/α-hetero) is 1. The third kappa shape index (κ3) is 3.15. The van der Waals surface area contributed by atoms with E-state index in [1.54, 1.807) is 22.2 Å². The van der Waals surface area contributed by atoms with Gasteiger partial charge in [0.25, 0.3) is 5.56 Å². The highest BCUT2D eigenvalue weighted by Crippen LogP contribution is 2.35. The van der Waals surface area contributed by atoms with Crippen LogP contribution >= 0.6 is 34.4 Å². The number of fused-ring (bicyclic) bond motifs is 3. The number of aryl methyl sites for hydroxylation is 2. The fourth-order valence-electron chi connectivity index (χ4n) is 3.50. The number of ketones is 1. The first-order valence-electron chi connectivity index (χ1n) is 8.97. The number of carbonyl (C=O) groups is 1. The van der Waals surface area contributed by atoms with Gasteiger partial charge in [-0.1, -0.05) is 17.8 Å². The lowest BCUT2D eigenvalue weighted by Gasteiger charge is -2.11. The number of nitrogens with zero attached hydrogens (tertiary/aromatic N) is 2. The lowest BCUT2D eigenvalue weighted by molar-refractivity contribution is 0.102. The van der Waals surface area contributed by atoms with Gasteiger partial charge in [0.1, 0.15) is 10.6 Å². The smallest absolute Gasteiger partial charge is 0.263 e. The molecule has 0 fully saturated rings. The number of thiophene rings is 2. The second-order valence-corrected chi connectivity index (χ2v) is 9.57. The second-order valence-electron chi connectivity index (χ2n) is 6.59. The van der Waals surface area contributed by atoms with Gasteiger partial charge in [0.05, 0.1) is 28.8 Å². The van der Waals surface area contributed by atoms with Crippen molar-refractivity contribution in [1.82, 2.24) is 9.55 Å². The molecule has 0 aromatic carbocycles. The van der Waals surface area contributed by atoms with Gasteiger partial charge < -0.3 is 4.42 Å². The summed E-state index contributed by atoms with van der Waals surface area (Å²) in [6.07, 6.45) is 4.66. The van der Waals surface area contributed by atoms with E-state index < -0.39 is 0 Å². The minimum atomic E-state index is -0.0353. The Morgan fingerprint density at radius 1 is 1.29 bits per heavy atom. The van der Waals surface area contributed by atoms with Crippen LogP contribution in [0.25, 0.3) is 10.2 Å². The molecule has 0 saturated heterocycles. The van der Waals surface area contributed by atoms with E-state index in [4.69, 9.17) is 9.40 Å². The number of rotatable bonds is 6. The molecule has 0 bridgehead atoms. The van der Waals surface area contributed by atoms with Gasteiger partial charge in [0.15, 0.2) is 10.9 Å². The van der Waals surface area contributed by atoms with Gasteiger partial charge in [-0.05, 0) is 48.4 Å². The van der Waals surface area contributed by atoms with Gasteiger partial charge in [-0.2, -0.15) is 0 Å². The molecular formula is C20H16N2O3S3. The summed E-state index contributed by atoms with van der Waals surface area (Å²) in [5.74, 6) is 0.996. The summed E-state index contributed by atoms with van der Waals surface area (Å²) >= 11 is 4.37. The molecule has 28 heavy (non-hydrogen) atoms. The molecule has 0 radical (unpaired) electrons. The molecule has 5 rings (SSSR count). The molecule has 0 unspecified atom stereocenters. The van der Waals surface area contributed by atoms with E-state index in [-0.39, 0.29) is 17.1 Å². The van der Waals surface area contributed by atoms with E-state index in [9.17, 15) is 9.59 Å². The first-order chi connectivity index (χ1) is 13.7. The molecule has 142 valence electrons. The van der Waals surface area contributed by atoms with Crippen molar-refractivity contribution in [2.24, 2.45) is 0 Å². The molecule has 5 nitrogen and oxygen atoms in total. The molecule has 0 atom stereocenters. The van der Waals surface area contributed by atoms with Crippen LogP contribution in [0.15, 0.2) is 50.3 Å². The lowest BCUT2D eigenvalue weighted by Crippen LogP contribution is -2.24. The van der Waals surface area contributed by atoms with Crippen LogP contribution in [-0.4, -0.2) is 21.1 Å². The van der Waals surface area contributed by atoms with Crippen molar-refractivity contribution < 1.29 is 9.21 Å². The highest BCUT2D eigenvalue weighted by molar-refractivity contribution is 7.99. The zero-order valence-corrected chi connectivity index (χ0v) is 17.3. The monoisotopic (exact) mass is 428 g/mol. The Morgan fingerprint density at radius 2 is 2.21 bits per heavy atom. The summed E-state index contributed by atoms with van der Waals surface area (Å²) in [7, 11) is 0. The van der Waals surface area contributed by atoms with Gasteiger partial charge in [0, 0.05) is 4.88 Å². The highest BCUT2D eigenvalue weighted by atomic mass is 32.2. The molecule has 8 heteroatoms. The van der Waals surface area contributed by atoms with Gasteiger partial charge >= 0.3 is 0 Å². The molecule has 0 saturated carbocycles. The Labute approximate surface area is 173 Å². The van der Waals surface area contributed by atoms with Crippen molar-refractivity contribution in [3.63, 3.8) is 0 Å². The molecule has 0 aliphatic heterocycles. The summed E-state index contributed by atoms with van der Waals surface area (Å²) in [4.78, 5) is 33.4. The largest absolute Gasteiger partial charge is 0.467 e. The molecule has 1 aliphatic carbocycles. The van der Waals surface area contributed by atoms with Crippen LogP contribution in [0.1, 0.15) is 32.3 Å². The van der Waals surface area contributed by atoms with Crippen molar-refractivity contribution in [3.8, 4) is 0 Å². The number of carbonyl (C=O) groups excluding carboxylic acids is 1. The molecule has 4 aromatic heterocycles.